The number of unbranched alkanes of at least 4 members (excludes halogenated alkanes) is 3. The molecule has 0 spiro atoms. The lowest BCUT2D eigenvalue weighted by molar-refractivity contribution is 0.414. The maximum atomic E-state index is 5.92. The second-order valence-electron chi connectivity index (χ2n) is 5.79. The molecule has 1 aromatic heterocycles. The maximum Gasteiger partial charge on any atom is 0.222 e. The summed E-state index contributed by atoms with van der Waals surface area (Å²) in [5, 5.41) is 0. The Morgan fingerprint density at radius 1 is 0.913 bits per heavy atom. The Balaban J connectivity index is 1.68. The highest BCUT2D eigenvalue weighted by molar-refractivity contribution is 5.45. The van der Waals surface area contributed by atoms with Gasteiger partial charge in [-0.1, -0.05) is 25.0 Å². The number of benzene rings is 1. The molecule has 5 heteroatoms. The van der Waals surface area contributed by atoms with Crippen LogP contribution in [0.2, 0.25) is 0 Å². The van der Waals surface area contributed by atoms with Crippen LogP contribution in [0.1, 0.15) is 42.5 Å². The molecule has 1 aromatic carbocycles. The molecule has 0 bridgehead atoms. The van der Waals surface area contributed by atoms with Gasteiger partial charge in [-0.25, -0.2) is 4.98 Å². The molecule has 5 nitrogen and oxygen atoms in total. The van der Waals surface area contributed by atoms with Crippen molar-refractivity contribution in [3.63, 3.8) is 0 Å². The number of rotatable bonds is 8. The standard InChI is InChI=1S/C18H26N4O/c1-13-16(17(19)22-18(20)21-13)8-6-4-3-5-7-14-9-11-15(23-2)12-10-14/h9-12H,3-8H2,1-2H3,(H4,19,20,21,22). The summed E-state index contributed by atoms with van der Waals surface area (Å²) >= 11 is 0. The highest BCUT2D eigenvalue weighted by Crippen LogP contribution is 2.18. The van der Waals surface area contributed by atoms with Crippen LogP contribution in [0.4, 0.5) is 11.8 Å². The zero-order valence-corrected chi connectivity index (χ0v) is 14.0. The summed E-state index contributed by atoms with van der Waals surface area (Å²) in [7, 11) is 1.69. The SMILES string of the molecule is COc1ccc(CCCCCCc2c(C)nc(N)nc2N)cc1. The van der Waals surface area contributed by atoms with Gasteiger partial charge in [-0.3, -0.25) is 0 Å². The zero-order chi connectivity index (χ0) is 16.7. The van der Waals surface area contributed by atoms with Crippen LogP contribution in [0.15, 0.2) is 24.3 Å². The molecule has 4 N–H and O–H groups in total. The van der Waals surface area contributed by atoms with E-state index in [9.17, 15) is 0 Å². The number of nitrogen functional groups attached to an aromatic ring is 2. The maximum absolute atomic E-state index is 5.92. The number of ether oxygens (including phenoxy) is 1. The molecule has 0 aliphatic carbocycles. The van der Waals surface area contributed by atoms with E-state index in [1.54, 1.807) is 7.11 Å². The molecule has 0 saturated carbocycles. The summed E-state index contributed by atoms with van der Waals surface area (Å²) in [6, 6.07) is 8.30. The summed E-state index contributed by atoms with van der Waals surface area (Å²) in [6.07, 6.45) is 6.71. The number of hydrogen-bond acceptors (Lipinski definition) is 5. The van der Waals surface area contributed by atoms with Gasteiger partial charge >= 0.3 is 0 Å². The van der Waals surface area contributed by atoms with Crippen LogP contribution in [0.5, 0.6) is 5.75 Å². The Labute approximate surface area is 138 Å². The van der Waals surface area contributed by atoms with Crippen LogP contribution in [0.25, 0.3) is 0 Å². The number of methoxy groups -OCH3 is 1. The fraction of sp³-hybridized carbons (Fsp3) is 0.444. The van der Waals surface area contributed by atoms with Crippen LogP contribution >= 0.6 is 0 Å². The highest BCUT2D eigenvalue weighted by Gasteiger charge is 2.07. The molecule has 0 amide bonds. The van der Waals surface area contributed by atoms with E-state index in [-0.39, 0.29) is 5.95 Å². The fourth-order valence-electron chi connectivity index (χ4n) is 2.73. The van der Waals surface area contributed by atoms with E-state index in [0.29, 0.717) is 5.82 Å². The number of hydrogen-bond donors (Lipinski definition) is 2. The molecule has 0 unspecified atom stereocenters. The summed E-state index contributed by atoms with van der Waals surface area (Å²) in [5.41, 5.74) is 14.8. The van der Waals surface area contributed by atoms with Gasteiger partial charge in [0.15, 0.2) is 0 Å². The van der Waals surface area contributed by atoms with Crippen molar-refractivity contribution in [3.05, 3.63) is 41.1 Å². The second kappa shape index (κ2) is 8.36. The van der Waals surface area contributed by atoms with Gasteiger partial charge in [-0.2, -0.15) is 4.98 Å². The first-order chi connectivity index (χ1) is 11.1. The lowest BCUT2D eigenvalue weighted by atomic mass is 10.0. The first kappa shape index (κ1) is 17.1. The van der Waals surface area contributed by atoms with E-state index >= 15 is 0 Å². The van der Waals surface area contributed by atoms with E-state index in [0.717, 1.165) is 36.3 Å². The van der Waals surface area contributed by atoms with Crippen molar-refractivity contribution in [2.24, 2.45) is 0 Å². The van der Waals surface area contributed by atoms with Gasteiger partial charge in [-0.15, -0.1) is 0 Å². The normalized spacial score (nSPS) is 10.7. The molecule has 2 aromatic rings. The van der Waals surface area contributed by atoms with Crippen LogP contribution in [0, 0.1) is 6.92 Å². The highest BCUT2D eigenvalue weighted by atomic mass is 16.5. The predicted octanol–water partition coefficient (Wildman–Crippen LogP) is 3.30. The molecule has 0 saturated heterocycles. The molecular formula is C18H26N4O. The number of nitrogens with zero attached hydrogens (tertiary/aromatic N) is 2. The topological polar surface area (TPSA) is 87.0 Å². The number of nitrogens with two attached hydrogens (primary N) is 2. The van der Waals surface area contributed by atoms with E-state index < -0.39 is 0 Å². The van der Waals surface area contributed by atoms with Gasteiger partial charge in [0.05, 0.1) is 7.11 Å². The van der Waals surface area contributed by atoms with Gasteiger partial charge in [0.1, 0.15) is 11.6 Å². The molecule has 0 atom stereocenters. The Hall–Kier alpha value is -2.30. The molecule has 0 aliphatic heterocycles. The molecule has 0 fully saturated rings. The van der Waals surface area contributed by atoms with Gasteiger partial charge in [0, 0.05) is 11.3 Å². The van der Waals surface area contributed by atoms with Crippen LogP contribution in [0.3, 0.4) is 0 Å². The minimum Gasteiger partial charge on any atom is -0.497 e. The van der Waals surface area contributed by atoms with Crippen molar-refractivity contribution in [1.29, 1.82) is 0 Å². The zero-order valence-electron chi connectivity index (χ0n) is 14.0. The average molecular weight is 314 g/mol. The van der Waals surface area contributed by atoms with Gasteiger partial charge in [0.2, 0.25) is 5.95 Å². The number of aryl methyl sites for hydroxylation is 2. The molecule has 23 heavy (non-hydrogen) atoms. The molecule has 124 valence electrons. The Kier molecular flexibility index (Phi) is 6.20. The van der Waals surface area contributed by atoms with E-state index in [1.165, 1.54) is 24.8 Å². The van der Waals surface area contributed by atoms with Gasteiger partial charge in [0.25, 0.3) is 0 Å². The molecule has 1 heterocycles. The molecule has 0 radical (unpaired) electrons. The summed E-state index contributed by atoms with van der Waals surface area (Å²) < 4.78 is 5.17. The van der Waals surface area contributed by atoms with Crippen molar-refractivity contribution >= 4 is 11.8 Å². The first-order valence-corrected chi connectivity index (χ1v) is 8.11. The monoisotopic (exact) mass is 314 g/mol. The van der Waals surface area contributed by atoms with Crippen LogP contribution < -0.4 is 16.2 Å². The van der Waals surface area contributed by atoms with E-state index in [1.807, 2.05) is 19.1 Å². The Bertz CT molecular complexity index is 602. The third-order valence-corrected chi connectivity index (χ3v) is 4.06. The molecule has 2 rings (SSSR count). The quantitative estimate of drug-likeness (QED) is 0.730. The predicted molar refractivity (Wildman–Crippen MR) is 94.5 cm³/mol. The van der Waals surface area contributed by atoms with Crippen LogP contribution in [-0.4, -0.2) is 17.1 Å². The summed E-state index contributed by atoms with van der Waals surface area (Å²) in [5.74, 6) is 1.68. The third-order valence-electron chi connectivity index (χ3n) is 4.06. The largest absolute Gasteiger partial charge is 0.497 e. The minimum absolute atomic E-state index is 0.253. The smallest absolute Gasteiger partial charge is 0.222 e. The van der Waals surface area contributed by atoms with Crippen LogP contribution in [-0.2, 0) is 12.8 Å². The van der Waals surface area contributed by atoms with E-state index in [4.69, 9.17) is 16.2 Å². The number of aromatic nitrogens is 2. The van der Waals surface area contributed by atoms with Crippen molar-refractivity contribution < 1.29 is 4.74 Å². The summed E-state index contributed by atoms with van der Waals surface area (Å²) in [6.45, 7) is 1.94. The van der Waals surface area contributed by atoms with E-state index in [2.05, 4.69) is 22.1 Å². The Morgan fingerprint density at radius 3 is 2.17 bits per heavy atom. The average Bonchev–Trinajstić information content (AvgIpc) is 2.53. The van der Waals surface area contributed by atoms with Crippen molar-refractivity contribution in [2.75, 3.05) is 18.6 Å². The van der Waals surface area contributed by atoms with Crippen molar-refractivity contribution in [2.45, 2.75) is 45.4 Å². The third kappa shape index (κ3) is 5.13. The Morgan fingerprint density at radius 2 is 1.57 bits per heavy atom. The first-order valence-electron chi connectivity index (χ1n) is 8.11. The summed E-state index contributed by atoms with van der Waals surface area (Å²) in [4.78, 5) is 8.22. The number of anilines is 2. The lowest BCUT2D eigenvalue weighted by Gasteiger charge is -2.08. The lowest BCUT2D eigenvalue weighted by Crippen LogP contribution is -2.07. The fourth-order valence-corrected chi connectivity index (χ4v) is 2.73. The van der Waals surface area contributed by atoms with Gasteiger partial charge < -0.3 is 16.2 Å². The van der Waals surface area contributed by atoms with Crippen molar-refractivity contribution in [1.82, 2.24) is 9.97 Å². The molecule has 0 aliphatic rings. The van der Waals surface area contributed by atoms with Gasteiger partial charge in [-0.05, 0) is 50.3 Å². The molecular weight excluding hydrogens is 288 g/mol. The van der Waals surface area contributed by atoms with Crippen molar-refractivity contribution in [3.8, 4) is 5.75 Å². The second-order valence-corrected chi connectivity index (χ2v) is 5.79. The minimum atomic E-state index is 0.253.